The molecule has 3 heterocycles. The van der Waals surface area contributed by atoms with Crippen molar-refractivity contribution >= 4 is 48.8 Å². The summed E-state index contributed by atoms with van der Waals surface area (Å²) in [6.45, 7) is 12.4. The fourth-order valence-corrected chi connectivity index (χ4v) is 5.19. The van der Waals surface area contributed by atoms with Crippen LogP contribution >= 0.6 is 9.39 Å². The third kappa shape index (κ3) is 6.69. The standard InChI is InChI=1S/C34H36FN7S/c1-8-21(4)37-26(10-3)19-23(9-2)28-14-15-30-32(38-28)33(42-41-30)34-39-29-13-11-12-27(31(29)40-34)24-16-22(17-25(35)18-24)20-36-43(5,6)7/h9-19,36-37H,3-6,8,20H2,1-2,7H3,(H,39,40)(H,41,42)/b23-9+,26-19+. The van der Waals surface area contributed by atoms with Crippen LogP contribution in [0.15, 0.2) is 91.3 Å². The molecule has 220 valence electrons. The monoisotopic (exact) mass is 593 g/mol. The molecule has 0 aliphatic rings. The first-order chi connectivity index (χ1) is 20.6. The van der Waals surface area contributed by atoms with E-state index in [1.54, 1.807) is 6.08 Å². The smallest absolute Gasteiger partial charge is 0.161 e. The van der Waals surface area contributed by atoms with Gasteiger partial charge in [-0.1, -0.05) is 50.0 Å². The highest BCUT2D eigenvalue weighted by atomic mass is 32.2. The quantitative estimate of drug-likeness (QED) is 0.0935. The van der Waals surface area contributed by atoms with Gasteiger partial charge in [0.1, 0.15) is 11.3 Å². The Hall–Kier alpha value is -4.73. The van der Waals surface area contributed by atoms with Gasteiger partial charge in [0.15, 0.2) is 11.5 Å². The van der Waals surface area contributed by atoms with Crippen LogP contribution in [0.4, 0.5) is 4.39 Å². The summed E-state index contributed by atoms with van der Waals surface area (Å²) in [5, 5.41) is 10.9. The lowest BCUT2D eigenvalue weighted by Crippen LogP contribution is -2.09. The van der Waals surface area contributed by atoms with Gasteiger partial charge in [-0.2, -0.15) is 14.5 Å². The van der Waals surface area contributed by atoms with Gasteiger partial charge < -0.3 is 10.3 Å². The molecule has 0 bridgehead atoms. The van der Waals surface area contributed by atoms with Crippen molar-refractivity contribution in [2.45, 2.75) is 26.8 Å². The van der Waals surface area contributed by atoms with Crippen molar-refractivity contribution in [3.8, 4) is 22.6 Å². The van der Waals surface area contributed by atoms with Crippen LogP contribution in [0.1, 0.15) is 31.5 Å². The second kappa shape index (κ2) is 12.2. The third-order valence-electron chi connectivity index (χ3n) is 6.92. The van der Waals surface area contributed by atoms with E-state index in [9.17, 15) is 4.39 Å². The predicted octanol–water partition coefficient (Wildman–Crippen LogP) is 7.60. The van der Waals surface area contributed by atoms with E-state index in [1.165, 1.54) is 12.1 Å². The van der Waals surface area contributed by atoms with Crippen molar-refractivity contribution in [3.63, 3.8) is 0 Å². The molecule has 0 spiro atoms. The Morgan fingerprint density at radius 3 is 2.60 bits per heavy atom. The van der Waals surface area contributed by atoms with Crippen LogP contribution in [-0.2, 0) is 6.54 Å². The number of hydrogen-bond donors (Lipinski definition) is 4. The van der Waals surface area contributed by atoms with E-state index in [1.807, 2.05) is 68.7 Å². The number of pyridine rings is 1. The first kappa shape index (κ1) is 29.8. The van der Waals surface area contributed by atoms with Crippen LogP contribution in [0, 0.1) is 5.82 Å². The summed E-state index contributed by atoms with van der Waals surface area (Å²) in [6.07, 6.45) is 8.51. The first-order valence-electron chi connectivity index (χ1n) is 13.9. The first-order valence-corrected chi connectivity index (χ1v) is 16.2. The van der Waals surface area contributed by atoms with Gasteiger partial charge in [-0.3, -0.25) is 9.82 Å². The molecule has 0 saturated carbocycles. The summed E-state index contributed by atoms with van der Waals surface area (Å²) in [7, 11) is -1.43. The van der Waals surface area contributed by atoms with Crippen LogP contribution in [0.5, 0.6) is 0 Å². The minimum atomic E-state index is -1.43. The molecular weight excluding hydrogens is 557 g/mol. The third-order valence-corrected chi connectivity index (χ3v) is 7.76. The van der Waals surface area contributed by atoms with Gasteiger partial charge in [-0.25, -0.2) is 14.4 Å². The Kier molecular flexibility index (Phi) is 8.47. The summed E-state index contributed by atoms with van der Waals surface area (Å²) in [5.41, 5.74) is 9.39. The lowest BCUT2D eigenvalue weighted by Gasteiger charge is -2.12. The lowest BCUT2D eigenvalue weighted by molar-refractivity contribution is 0.625. The molecule has 0 aliphatic carbocycles. The van der Waals surface area contributed by atoms with Gasteiger partial charge in [0.05, 0.1) is 22.2 Å². The summed E-state index contributed by atoms with van der Waals surface area (Å²) >= 11 is 0. The van der Waals surface area contributed by atoms with Gasteiger partial charge in [0.25, 0.3) is 0 Å². The molecule has 43 heavy (non-hydrogen) atoms. The molecule has 0 radical (unpaired) electrons. The van der Waals surface area contributed by atoms with E-state index >= 15 is 0 Å². The van der Waals surface area contributed by atoms with E-state index in [0.29, 0.717) is 29.1 Å². The van der Waals surface area contributed by atoms with Crippen molar-refractivity contribution < 1.29 is 4.39 Å². The van der Waals surface area contributed by atoms with Gasteiger partial charge in [0.2, 0.25) is 0 Å². The van der Waals surface area contributed by atoms with E-state index in [-0.39, 0.29) is 5.82 Å². The number of rotatable bonds is 11. The molecule has 0 amide bonds. The van der Waals surface area contributed by atoms with Gasteiger partial charge in [-0.15, -0.1) is 0 Å². The van der Waals surface area contributed by atoms with Gasteiger partial charge >= 0.3 is 0 Å². The number of nitrogens with zero attached hydrogens (tertiary/aromatic N) is 3. The number of halogens is 1. The normalized spacial score (nSPS) is 12.7. The van der Waals surface area contributed by atoms with Crippen LogP contribution < -0.4 is 10.0 Å². The predicted molar refractivity (Wildman–Crippen MR) is 183 cm³/mol. The highest BCUT2D eigenvalue weighted by molar-refractivity contribution is 8.25. The second-order valence-electron chi connectivity index (χ2n) is 10.5. The summed E-state index contributed by atoms with van der Waals surface area (Å²) < 4.78 is 18.0. The average Bonchev–Trinajstić information content (AvgIpc) is 3.61. The molecule has 0 fully saturated rings. The van der Waals surface area contributed by atoms with E-state index in [4.69, 9.17) is 9.97 Å². The Balaban J connectivity index is 1.55. The van der Waals surface area contributed by atoms with Crippen LogP contribution in [0.25, 0.3) is 50.3 Å². The molecule has 5 rings (SSSR count). The average molecular weight is 594 g/mol. The fourth-order valence-electron chi connectivity index (χ4n) is 4.68. The molecule has 0 atom stereocenters. The topological polar surface area (TPSA) is 94.3 Å². The van der Waals surface area contributed by atoms with E-state index in [0.717, 1.165) is 56.8 Å². The Labute approximate surface area is 252 Å². The molecule has 0 aliphatic heterocycles. The number of nitrogens with one attached hydrogen (secondary N) is 4. The summed E-state index contributed by atoms with van der Waals surface area (Å²) in [6, 6.07) is 14.7. The minimum Gasteiger partial charge on any atom is -0.359 e. The zero-order valence-corrected chi connectivity index (χ0v) is 25.5. The van der Waals surface area contributed by atoms with Crippen LogP contribution in [-0.4, -0.2) is 43.1 Å². The molecule has 0 saturated heterocycles. The molecule has 7 nitrogen and oxygen atoms in total. The van der Waals surface area contributed by atoms with Crippen molar-refractivity contribution in [1.82, 2.24) is 35.2 Å². The Bertz CT molecular complexity index is 2030. The fraction of sp³-hybridized carbons (Fsp3) is 0.147. The molecule has 0 unspecified atom stereocenters. The van der Waals surface area contributed by atoms with Gasteiger partial charge in [-0.05, 0) is 84.9 Å². The largest absolute Gasteiger partial charge is 0.359 e. The molecule has 3 aromatic heterocycles. The van der Waals surface area contributed by atoms with Crippen molar-refractivity contribution in [3.05, 3.63) is 108 Å². The number of allylic oxidation sites excluding steroid dienone is 5. The minimum absolute atomic E-state index is 0.315. The number of H-pyrrole nitrogens is 2. The number of hydrogen-bond acceptors (Lipinski definition) is 5. The van der Waals surface area contributed by atoms with Crippen molar-refractivity contribution in [1.29, 1.82) is 0 Å². The molecule has 2 aromatic carbocycles. The van der Waals surface area contributed by atoms with Crippen molar-refractivity contribution in [2.75, 3.05) is 6.26 Å². The molecular formula is C34H36FN7S. The zero-order valence-electron chi connectivity index (χ0n) is 24.7. The highest BCUT2D eigenvalue weighted by Crippen LogP contribution is 2.32. The number of para-hydroxylation sites is 1. The number of aromatic nitrogens is 5. The lowest BCUT2D eigenvalue weighted by atomic mass is 10.0. The zero-order chi connectivity index (χ0) is 30.7. The Morgan fingerprint density at radius 1 is 1.07 bits per heavy atom. The van der Waals surface area contributed by atoms with E-state index in [2.05, 4.69) is 50.1 Å². The van der Waals surface area contributed by atoms with Crippen LogP contribution in [0.2, 0.25) is 0 Å². The van der Waals surface area contributed by atoms with Gasteiger partial charge in [0, 0.05) is 23.5 Å². The number of fused-ring (bicyclic) bond motifs is 2. The Morgan fingerprint density at radius 2 is 1.88 bits per heavy atom. The van der Waals surface area contributed by atoms with Crippen LogP contribution in [0.3, 0.4) is 0 Å². The maximum Gasteiger partial charge on any atom is 0.161 e. The van der Waals surface area contributed by atoms with Crippen molar-refractivity contribution in [2.24, 2.45) is 0 Å². The number of benzene rings is 2. The molecule has 9 heteroatoms. The van der Waals surface area contributed by atoms with E-state index < -0.39 is 9.39 Å². The molecule has 4 N–H and O–H groups in total. The summed E-state index contributed by atoms with van der Waals surface area (Å²) in [5.74, 6) is 8.35. The maximum atomic E-state index is 14.7. The molecule has 5 aromatic rings. The summed E-state index contributed by atoms with van der Waals surface area (Å²) in [4.78, 5) is 13.3. The SMILES string of the molecule is C=C/C(=C\C(=C/C)c1ccc2[nH]nc(-c3nc4c(-c5cc(F)cc(CNS(=C)(=C)C)c5)cccc4[nH]3)c2n1)NC(=C)CC. The number of imidazole rings is 1. The maximum absolute atomic E-state index is 14.7. The number of aromatic amines is 2. The second-order valence-corrected chi connectivity index (χ2v) is 13.4. The highest BCUT2D eigenvalue weighted by Gasteiger charge is 2.17.